The van der Waals surface area contributed by atoms with Crippen molar-refractivity contribution in [2.24, 2.45) is 0 Å². The predicted molar refractivity (Wildman–Crippen MR) is 105 cm³/mol. The quantitative estimate of drug-likeness (QED) is 0.776. The van der Waals surface area contributed by atoms with Gasteiger partial charge >= 0.3 is 0 Å². The Hall–Kier alpha value is -2.44. The molecule has 0 fully saturated rings. The first-order chi connectivity index (χ1) is 13.0. The Morgan fingerprint density at radius 2 is 2.04 bits per heavy atom. The van der Waals surface area contributed by atoms with Crippen molar-refractivity contribution >= 4 is 23.2 Å². The summed E-state index contributed by atoms with van der Waals surface area (Å²) in [5, 5.41) is 3.44. The lowest BCUT2D eigenvalue weighted by Crippen LogP contribution is -2.41. The number of anilines is 1. The molecule has 0 bridgehead atoms. The fourth-order valence-corrected chi connectivity index (χ4v) is 3.15. The lowest BCUT2D eigenvalue weighted by atomic mass is 10.1. The first-order valence-electron chi connectivity index (χ1n) is 8.78. The minimum atomic E-state index is -0.343. The minimum absolute atomic E-state index is 0.127. The van der Waals surface area contributed by atoms with Crippen LogP contribution in [0.2, 0.25) is 5.02 Å². The second kappa shape index (κ2) is 8.50. The van der Waals surface area contributed by atoms with Crippen molar-refractivity contribution < 1.29 is 19.0 Å². The van der Waals surface area contributed by atoms with Gasteiger partial charge in [-0.1, -0.05) is 24.6 Å². The topological polar surface area (TPSA) is 60.0 Å². The molecule has 1 unspecified atom stereocenters. The van der Waals surface area contributed by atoms with Gasteiger partial charge in [0.25, 0.3) is 0 Å². The number of methoxy groups -OCH3 is 1. The van der Waals surface area contributed by atoms with Gasteiger partial charge in [0.1, 0.15) is 5.75 Å². The van der Waals surface area contributed by atoms with Gasteiger partial charge in [0.05, 0.1) is 18.8 Å². The number of hydrogen-bond acceptors (Lipinski definition) is 5. The first kappa shape index (κ1) is 19.3. The van der Waals surface area contributed by atoms with E-state index < -0.39 is 0 Å². The van der Waals surface area contributed by atoms with Crippen LogP contribution in [0.4, 0.5) is 5.69 Å². The van der Waals surface area contributed by atoms with Crippen molar-refractivity contribution in [3.8, 4) is 17.2 Å². The van der Waals surface area contributed by atoms with Crippen molar-refractivity contribution in [2.45, 2.75) is 26.4 Å². The first-order valence-corrected chi connectivity index (χ1v) is 9.16. The zero-order valence-electron chi connectivity index (χ0n) is 15.6. The van der Waals surface area contributed by atoms with Crippen molar-refractivity contribution in [3.05, 3.63) is 47.0 Å². The van der Waals surface area contributed by atoms with Gasteiger partial charge < -0.3 is 19.5 Å². The second-order valence-corrected chi connectivity index (χ2v) is 6.70. The number of ether oxygens (including phenoxy) is 3. The lowest BCUT2D eigenvalue weighted by Gasteiger charge is -2.27. The van der Waals surface area contributed by atoms with Crippen molar-refractivity contribution in [2.75, 3.05) is 25.8 Å². The van der Waals surface area contributed by atoms with Gasteiger partial charge in [0.15, 0.2) is 11.5 Å². The van der Waals surface area contributed by atoms with Crippen LogP contribution in [0.5, 0.6) is 17.2 Å². The molecule has 0 aromatic heterocycles. The second-order valence-electron chi connectivity index (χ2n) is 6.26. The van der Waals surface area contributed by atoms with E-state index in [1.807, 2.05) is 32.0 Å². The van der Waals surface area contributed by atoms with Crippen molar-refractivity contribution in [1.29, 1.82) is 0 Å². The van der Waals surface area contributed by atoms with Gasteiger partial charge in [-0.2, -0.15) is 0 Å². The molecule has 1 N–H and O–H groups in total. The van der Waals surface area contributed by atoms with Crippen LogP contribution in [-0.4, -0.2) is 37.3 Å². The highest BCUT2D eigenvalue weighted by molar-refractivity contribution is 6.31. The summed E-state index contributed by atoms with van der Waals surface area (Å²) in [6.45, 7) is 5.49. The number of amides is 1. The molecule has 2 aromatic rings. The van der Waals surface area contributed by atoms with Gasteiger partial charge in [-0.05, 0) is 49.4 Å². The smallest absolute Gasteiger partial charge is 0.241 e. The molecule has 144 valence electrons. The lowest BCUT2D eigenvalue weighted by molar-refractivity contribution is -0.120. The van der Waals surface area contributed by atoms with Gasteiger partial charge in [0.2, 0.25) is 12.7 Å². The highest BCUT2D eigenvalue weighted by Crippen LogP contribution is 2.33. The predicted octanol–water partition coefficient (Wildman–Crippen LogP) is 3.93. The number of hydrogen-bond donors (Lipinski definition) is 1. The van der Waals surface area contributed by atoms with Crippen LogP contribution < -0.4 is 19.5 Å². The molecule has 1 amide bonds. The standard InChI is InChI=1S/C20H23ClN2O4/c1-4-23(11-14-5-7-18-19(9-14)27-12-26-18)13(2)20(24)22-16-10-15(21)6-8-17(16)25-3/h5-10,13H,4,11-12H2,1-3H3,(H,22,24). The van der Waals surface area contributed by atoms with Gasteiger partial charge in [-0.3, -0.25) is 9.69 Å². The number of carbonyl (C=O) groups is 1. The van der Waals surface area contributed by atoms with E-state index in [-0.39, 0.29) is 18.7 Å². The van der Waals surface area contributed by atoms with E-state index >= 15 is 0 Å². The third-order valence-electron chi connectivity index (χ3n) is 4.58. The van der Waals surface area contributed by atoms with Gasteiger partial charge in [0, 0.05) is 11.6 Å². The molecule has 0 saturated carbocycles. The van der Waals surface area contributed by atoms with Crippen LogP contribution in [0.15, 0.2) is 36.4 Å². The third-order valence-corrected chi connectivity index (χ3v) is 4.81. The molecule has 2 aromatic carbocycles. The van der Waals surface area contributed by atoms with Gasteiger partial charge in [-0.15, -0.1) is 0 Å². The Morgan fingerprint density at radius 1 is 1.26 bits per heavy atom. The molecule has 7 heteroatoms. The molecule has 1 aliphatic rings. The molecule has 0 spiro atoms. The maximum absolute atomic E-state index is 12.8. The van der Waals surface area contributed by atoms with Crippen LogP contribution in [0, 0.1) is 0 Å². The maximum Gasteiger partial charge on any atom is 0.241 e. The molecule has 3 rings (SSSR count). The van der Waals surface area contributed by atoms with Crippen molar-refractivity contribution in [3.63, 3.8) is 0 Å². The van der Waals surface area contributed by atoms with Crippen LogP contribution in [-0.2, 0) is 11.3 Å². The van der Waals surface area contributed by atoms with Crippen LogP contribution in [0.25, 0.3) is 0 Å². The summed E-state index contributed by atoms with van der Waals surface area (Å²) < 4.78 is 16.1. The summed E-state index contributed by atoms with van der Waals surface area (Å²) >= 11 is 6.04. The number of halogens is 1. The van der Waals surface area contributed by atoms with E-state index in [0.717, 1.165) is 23.6 Å². The molecule has 27 heavy (non-hydrogen) atoms. The molecule has 6 nitrogen and oxygen atoms in total. The summed E-state index contributed by atoms with van der Waals surface area (Å²) in [4.78, 5) is 14.8. The number of nitrogens with one attached hydrogen (secondary N) is 1. The molecular weight excluding hydrogens is 368 g/mol. The Morgan fingerprint density at radius 3 is 2.78 bits per heavy atom. The van der Waals surface area contributed by atoms with E-state index in [1.54, 1.807) is 25.3 Å². The van der Waals surface area contributed by atoms with Crippen LogP contribution in [0.3, 0.4) is 0 Å². The van der Waals surface area contributed by atoms with E-state index in [0.29, 0.717) is 23.0 Å². The zero-order chi connectivity index (χ0) is 19.4. The largest absolute Gasteiger partial charge is 0.495 e. The van der Waals surface area contributed by atoms with Crippen LogP contribution in [0.1, 0.15) is 19.4 Å². The summed E-state index contributed by atoms with van der Waals surface area (Å²) in [6.07, 6.45) is 0. The van der Waals surface area contributed by atoms with E-state index in [1.165, 1.54) is 0 Å². The summed E-state index contributed by atoms with van der Waals surface area (Å²) in [5.74, 6) is 1.93. The number of carbonyl (C=O) groups excluding carboxylic acids is 1. The number of nitrogens with zero attached hydrogens (tertiary/aromatic N) is 1. The van der Waals surface area contributed by atoms with E-state index in [2.05, 4.69) is 10.2 Å². The summed E-state index contributed by atoms with van der Waals surface area (Å²) in [6, 6.07) is 10.6. The average Bonchev–Trinajstić information content (AvgIpc) is 3.13. The molecule has 0 saturated heterocycles. The molecular formula is C20H23ClN2O4. The summed E-state index contributed by atoms with van der Waals surface area (Å²) in [5.41, 5.74) is 1.61. The monoisotopic (exact) mass is 390 g/mol. The minimum Gasteiger partial charge on any atom is -0.495 e. The number of benzene rings is 2. The maximum atomic E-state index is 12.8. The zero-order valence-corrected chi connectivity index (χ0v) is 16.4. The molecule has 1 heterocycles. The fourth-order valence-electron chi connectivity index (χ4n) is 2.98. The highest BCUT2D eigenvalue weighted by Gasteiger charge is 2.22. The number of rotatable bonds is 7. The van der Waals surface area contributed by atoms with Crippen LogP contribution >= 0.6 is 11.6 Å². The Labute approximate surface area is 164 Å². The Kier molecular flexibility index (Phi) is 6.08. The molecule has 0 aliphatic carbocycles. The Balaban J connectivity index is 1.70. The summed E-state index contributed by atoms with van der Waals surface area (Å²) in [7, 11) is 1.56. The van der Waals surface area contributed by atoms with E-state index in [9.17, 15) is 4.79 Å². The van der Waals surface area contributed by atoms with Gasteiger partial charge in [-0.25, -0.2) is 0 Å². The number of likely N-dealkylation sites (N-methyl/N-ethyl adjacent to an activating group) is 1. The molecule has 1 atom stereocenters. The Bertz CT molecular complexity index is 828. The highest BCUT2D eigenvalue weighted by atomic mass is 35.5. The molecule has 0 radical (unpaired) electrons. The van der Waals surface area contributed by atoms with Crippen molar-refractivity contribution in [1.82, 2.24) is 4.90 Å². The van der Waals surface area contributed by atoms with E-state index in [4.69, 9.17) is 25.8 Å². The fraction of sp³-hybridized carbons (Fsp3) is 0.350. The number of fused-ring (bicyclic) bond motifs is 1. The average molecular weight is 391 g/mol. The molecule has 1 aliphatic heterocycles. The normalized spacial score (nSPS) is 13.5. The third kappa shape index (κ3) is 4.46. The SMILES string of the molecule is CCN(Cc1ccc2c(c1)OCO2)C(C)C(=O)Nc1cc(Cl)ccc1OC.